The van der Waals surface area contributed by atoms with Crippen molar-refractivity contribution in [3.05, 3.63) is 36.3 Å². The Kier molecular flexibility index (Phi) is 6.05. The number of likely N-dealkylation sites (tertiary alicyclic amines) is 1. The van der Waals surface area contributed by atoms with E-state index in [1.54, 1.807) is 18.0 Å². The van der Waals surface area contributed by atoms with Crippen molar-refractivity contribution in [2.75, 3.05) is 18.4 Å². The number of carbonyl (C=O) groups excluding carboxylic acids is 1. The van der Waals surface area contributed by atoms with Crippen LogP contribution >= 0.6 is 11.8 Å². The molecule has 1 saturated carbocycles. The molecule has 0 spiro atoms. The van der Waals surface area contributed by atoms with Crippen LogP contribution in [0.4, 0.5) is 11.6 Å². The van der Waals surface area contributed by atoms with Crippen molar-refractivity contribution < 1.29 is 4.79 Å². The van der Waals surface area contributed by atoms with Crippen LogP contribution in [0.5, 0.6) is 0 Å². The summed E-state index contributed by atoms with van der Waals surface area (Å²) in [6.45, 7) is 4.12. The Hall–Kier alpha value is -3.32. The molecule has 9 nitrogen and oxygen atoms in total. The van der Waals surface area contributed by atoms with Gasteiger partial charge >= 0.3 is 0 Å². The monoisotopic (exact) mass is 462 g/mol. The Labute approximate surface area is 196 Å². The first-order valence-corrected chi connectivity index (χ1v) is 12.2. The van der Waals surface area contributed by atoms with E-state index in [1.807, 2.05) is 41.0 Å². The number of aromatic nitrogens is 5. The molecule has 1 aliphatic heterocycles. The normalized spacial score (nSPS) is 19.0. The number of hydrogen-bond donors (Lipinski definition) is 2. The minimum Gasteiger partial charge on any atom is -0.346 e. The number of piperidine rings is 1. The summed E-state index contributed by atoms with van der Waals surface area (Å²) < 4.78 is 1.84. The maximum absolute atomic E-state index is 12.9. The van der Waals surface area contributed by atoms with Crippen LogP contribution in [0.2, 0.25) is 0 Å². The molecule has 1 aliphatic carbocycles. The molecule has 1 unspecified atom stereocenters. The van der Waals surface area contributed by atoms with Gasteiger partial charge < -0.3 is 15.2 Å². The predicted octanol–water partition coefficient (Wildman–Crippen LogP) is 3.86. The highest BCUT2D eigenvalue weighted by atomic mass is 32.2. The average Bonchev–Trinajstić information content (AvgIpc) is 3.32. The molecule has 2 fully saturated rings. The van der Waals surface area contributed by atoms with Crippen molar-refractivity contribution >= 4 is 40.3 Å². The summed E-state index contributed by atoms with van der Waals surface area (Å²) in [7, 11) is 0. The molecule has 0 radical (unpaired) electrons. The second kappa shape index (κ2) is 9.27. The third-order valence-corrected chi connectivity index (χ3v) is 7.17. The van der Waals surface area contributed by atoms with Crippen LogP contribution in [-0.2, 0) is 11.3 Å². The molecule has 10 heteroatoms. The summed E-state index contributed by atoms with van der Waals surface area (Å²) in [5.74, 6) is 0.766. The first-order chi connectivity index (χ1) is 16.1. The number of nitrogens with zero attached hydrogens (tertiary/aromatic N) is 6. The number of aryl methyl sites for hydroxylation is 1. The summed E-state index contributed by atoms with van der Waals surface area (Å²) in [5.41, 5.74) is 1.89. The minimum absolute atomic E-state index is 0.139. The number of carbonyl (C=O) groups is 1. The first-order valence-electron chi connectivity index (χ1n) is 11.4. The standard InChI is InChI=1S/C23H26N8OS/c1-2-31-13-17(12-26-31)27-23-28-20-19(7-8-25-20)21(29-23)33-18-4-3-9-30(14-18)22(32)16(11-24)10-15-5-6-15/h7-8,10,12-13,15,18H,2-6,9,14H2,1H3,(H2,25,27,28,29)/b16-10+. The topological polar surface area (TPSA) is 116 Å². The van der Waals surface area contributed by atoms with Crippen molar-refractivity contribution in [1.82, 2.24) is 29.6 Å². The van der Waals surface area contributed by atoms with Crippen molar-refractivity contribution in [1.29, 1.82) is 5.26 Å². The fourth-order valence-corrected chi connectivity index (χ4v) is 5.28. The van der Waals surface area contributed by atoms with Crippen LogP contribution in [0.25, 0.3) is 11.0 Å². The number of nitriles is 1. The molecule has 0 aromatic carbocycles. The van der Waals surface area contributed by atoms with E-state index in [0.29, 0.717) is 25.0 Å². The number of amides is 1. The van der Waals surface area contributed by atoms with Crippen molar-refractivity contribution in [3.63, 3.8) is 0 Å². The summed E-state index contributed by atoms with van der Waals surface area (Å²) in [5, 5.41) is 19.0. The largest absolute Gasteiger partial charge is 0.346 e. The number of thioether (sulfide) groups is 1. The predicted molar refractivity (Wildman–Crippen MR) is 127 cm³/mol. The number of allylic oxidation sites excluding steroid dienone is 1. The molecule has 4 heterocycles. The van der Waals surface area contributed by atoms with Gasteiger partial charge in [0, 0.05) is 37.3 Å². The molecule has 3 aromatic heterocycles. The van der Waals surface area contributed by atoms with Crippen LogP contribution in [0, 0.1) is 17.2 Å². The van der Waals surface area contributed by atoms with Gasteiger partial charge in [-0.1, -0.05) is 6.08 Å². The molecule has 3 aromatic rings. The second-order valence-corrected chi connectivity index (χ2v) is 9.75. The van der Waals surface area contributed by atoms with Gasteiger partial charge in [0.1, 0.15) is 22.3 Å². The quantitative estimate of drug-likeness (QED) is 0.311. The Bertz CT molecular complexity index is 1230. The number of fused-ring (bicyclic) bond motifs is 1. The van der Waals surface area contributed by atoms with Crippen LogP contribution in [0.3, 0.4) is 0 Å². The Morgan fingerprint density at radius 1 is 1.39 bits per heavy atom. The molecule has 1 atom stereocenters. The van der Waals surface area contributed by atoms with E-state index >= 15 is 0 Å². The highest BCUT2D eigenvalue weighted by Gasteiger charge is 2.29. The van der Waals surface area contributed by atoms with Crippen molar-refractivity contribution in [2.45, 2.75) is 49.4 Å². The van der Waals surface area contributed by atoms with Gasteiger partial charge in [-0.25, -0.2) is 4.98 Å². The van der Waals surface area contributed by atoms with Crippen LogP contribution in [0.15, 0.2) is 41.3 Å². The molecule has 5 rings (SSSR count). The van der Waals surface area contributed by atoms with Gasteiger partial charge in [-0.05, 0) is 44.6 Å². The lowest BCUT2D eigenvalue weighted by Crippen LogP contribution is -2.41. The number of anilines is 2. The first kappa shape index (κ1) is 21.5. The SMILES string of the molecule is CCn1cc(Nc2nc(SC3CCCN(C(=O)/C(C#N)=C/C4CC4)C3)c3cc[nH]c3n2)cn1. The molecule has 33 heavy (non-hydrogen) atoms. The summed E-state index contributed by atoms with van der Waals surface area (Å²) >= 11 is 1.67. The fourth-order valence-electron chi connectivity index (χ4n) is 3.99. The lowest BCUT2D eigenvalue weighted by molar-refractivity contribution is -0.127. The van der Waals surface area contributed by atoms with E-state index in [4.69, 9.17) is 4.98 Å². The Morgan fingerprint density at radius 3 is 3.03 bits per heavy atom. The van der Waals surface area contributed by atoms with Gasteiger partial charge in [0.05, 0.1) is 17.3 Å². The molecular formula is C23H26N8OS. The van der Waals surface area contributed by atoms with E-state index in [1.165, 1.54) is 0 Å². The summed E-state index contributed by atoms with van der Waals surface area (Å²) in [4.78, 5) is 27.3. The van der Waals surface area contributed by atoms with Gasteiger partial charge in [0.2, 0.25) is 5.95 Å². The maximum atomic E-state index is 12.9. The summed E-state index contributed by atoms with van der Waals surface area (Å²) in [6, 6.07) is 4.10. The average molecular weight is 463 g/mol. The van der Waals surface area contributed by atoms with E-state index in [9.17, 15) is 10.1 Å². The molecule has 2 aliphatic rings. The Morgan fingerprint density at radius 2 is 2.27 bits per heavy atom. The summed E-state index contributed by atoms with van der Waals surface area (Å²) in [6.07, 6.45) is 11.4. The van der Waals surface area contributed by atoms with Crippen LogP contribution in [0.1, 0.15) is 32.6 Å². The van der Waals surface area contributed by atoms with Crippen molar-refractivity contribution in [2.24, 2.45) is 5.92 Å². The molecule has 2 N–H and O–H groups in total. The zero-order valence-electron chi connectivity index (χ0n) is 18.5. The number of aromatic amines is 1. The number of nitrogens with one attached hydrogen (secondary N) is 2. The second-order valence-electron chi connectivity index (χ2n) is 8.46. The highest BCUT2D eigenvalue weighted by molar-refractivity contribution is 8.00. The maximum Gasteiger partial charge on any atom is 0.264 e. The van der Waals surface area contributed by atoms with E-state index in [0.717, 1.165) is 54.0 Å². The highest BCUT2D eigenvalue weighted by Crippen LogP contribution is 2.35. The third kappa shape index (κ3) is 4.88. The lowest BCUT2D eigenvalue weighted by atomic mass is 10.1. The van der Waals surface area contributed by atoms with E-state index in [2.05, 4.69) is 26.5 Å². The van der Waals surface area contributed by atoms with Gasteiger partial charge in [0.25, 0.3) is 5.91 Å². The van der Waals surface area contributed by atoms with Gasteiger partial charge in [0.15, 0.2) is 0 Å². The number of H-pyrrole nitrogens is 1. The molecule has 1 saturated heterocycles. The van der Waals surface area contributed by atoms with Gasteiger partial charge in [-0.15, -0.1) is 11.8 Å². The number of hydrogen-bond acceptors (Lipinski definition) is 7. The molecule has 0 bridgehead atoms. The Balaban J connectivity index is 1.33. The minimum atomic E-state index is -0.139. The molecule has 1 amide bonds. The molecule has 170 valence electrons. The van der Waals surface area contributed by atoms with Gasteiger partial charge in [-0.2, -0.15) is 15.3 Å². The molecular weight excluding hydrogens is 436 g/mol. The van der Waals surface area contributed by atoms with Crippen LogP contribution < -0.4 is 5.32 Å². The van der Waals surface area contributed by atoms with Crippen molar-refractivity contribution in [3.8, 4) is 6.07 Å². The number of rotatable bonds is 7. The third-order valence-electron chi connectivity index (χ3n) is 5.91. The lowest BCUT2D eigenvalue weighted by Gasteiger charge is -2.32. The van der Waals surface area contributed by atoms with Gasteiger partial charge in [-0.3, -0.25) is 9.48 Å². The zero-order chi connectivity index (χ0) is 22.8. The fraction of sp³-hybridized carbons (Fsp3) is 0.435. The zero-order valence-corrected chi connectivity index (χ0v) is 19.3. The van der Waals surface area contributed by atoms with E-state index < -0.39 is 0 Å². The van der Waals surface area contributed by atoms with Crippen LogP contribution in [-0.4, -0.2) is 53.9 Å². The smallest absolute Gasteiger partial charge is 0.264 e. The van der Waals surface area contributed by atoms with E-state index in [-0.39, 0.29) is 16.7 Å².